The van der Waals surface area contributed by atoms with Gasteiger partial charge in [0.15, 0.2) is 5.89 Å². The van der Waals surface area contributed by atoms with Gasteiger partial charge in [-0.1, -0.05) is 12.8 Å². The Balaban J connectivity index is 2.03. The number of aliphatic hydroxyl groups is 1. The Morgan fingerprint density at radius 1 is 1.46 bits per heavy atom. The van der Waals surface area contributed by atoms with Gasteiger partial charge in [0.05, 0.1) is 5.69 Å². The lowest BCUT2D eigenvalue weighted by atomic mass is 10.1. The lowest BCUT2D eigenvalue weighted by molar-refractivity contribution is 0.298. The van der Waals surface area contributed by atoms with E-state index < -0.39 is 0 Å². The van der Waals surface area contributed by atoms with Gasteiger partial charge in [0.1, 0.15) is 6.26 Å². The van der Waals surface area contributed by atoms with E-state index in [4.69, 9.17) is 9.52 Å². The minimum Gasteiger partial charge on any atom is -0.448 e. The van der Waals surface area contributed by atoms with Crippen LogP contribution in [0.5, 0.6) is 0 Å². The smallest absolute Gasteiger partial charge is 0.197 e. The predicted octanol–water partition coefficient (Wildman–Crippen LogP) is 1.87. The first-order valence-electron chi connectivity index (χ1n) is 4.95. The molecule has 0 bridgehead atoms. The number of hydrogen-bond acceptors (Lipinski definition) is 3. The summed E-state index contributed by atoms with van der Waals surface area (Å²) in [7, 11) is 0. The fourth-order valence-corrected chi connectivity index (χ4v) is 1.91. The third kappa shape index (κ3) is 1.91. The molecule has 1 saturated carbocycles. The molecule has 0 atom stereocenters. The summed E-state index contributed by atoms with van der Waals surface area (Å²) < 4.78 is 5.38. The second-order valence-electron chi connectivity index (χ2n) is 3.63. The molecule has 1 aliphatic rings. The van der Waals surface area contributed by atoms with Crippen molar-refractivity contribution in [1.82, 2.24) is 4.98 Å². The molecule has 72 valence electrons. The van der Waals surface area contributed by atoms with Crippen molar-refractivity contribution in [3.63, 3.8) is 0 Å². The van der Waals surface area contributed by atoms with Crippen LogP contribution >= 0.6 is 0 Å². The van der Waals surface area contributed by atoms with E-state index in [0.717, 1.165) is 11.6 Å². The molecular weight excluding hydrogens is 166 g/mol. The molecule has 0 spiro atoms. The Labute approximate surface area is 77.8 Å². The molecule has 2 rings (SSSR count). The third-order valence-electron chi connectivity index (χ3n) is 2.64. The highest BCUT2D eigenvalue weighted by molar-refractivity contribution is 5.02. The molecule has 13 heavy (non-hydrogen) atoms. The van der Waals surface area contributed by atoms with Crippen molar-refractivity contribution in [2.75, 3.05) is 6.61 Å². The quantitative estimate of drug-likeness (QED) is 0.774. The molecule has 1 heterocycles. The molecule has 1 aliphatic carbocycles. The van der Waals surface area contributed by atoms with Crippen molar-refractivity contribution in [1.29, 1.82) is 0 Å². The molecule has 1 aromatic rings. The number of oxazole rings is 1. The number of nitrogens with zero attached hydrogens (tertiary/aromatic N) is 1. The van der Waals surface area contributed by atoms with Crippen LogP contribution in [0.1, 0.15) is 43.2 Å². The maximum Gasteiger partial charge on any atom is 0.197 e. The molecular formula is C10H15NO2. The molecule has 1 fully saturated rings. The molecule has 0 radical (unpaired) electrons. The molecule has 0 amide bonds. The van der Waals surface area contributed by atoms with Gasteiger partial charge >= 0.3 is 0 Å². The second kappa shape index (κ2) is 3.92. The fraction of sp³-hybridized carbons (Fsp3) is 0.700. The average Bonchev–Trinajstić information content (AvgIpc) is 2.70. The van der Waals surface area contributed by atoms with Gasteiger partial charge in [-0.2, -0.15) is 0 Å². The van der Waals surface area contributed by atoms with Crippen LogP contribution in [0.4, 0.5) is 0 Å². The van der Waals surface area contributed by atoms with Crippen molar-refractivity contribution in [3.8, 4) is 0 Å². The van der Waals surface area contributed by atoms with E-state index in [0.29, 0.717) is 12.3 Å². The molecule has 0 aromatic carbocycles. The van der Waals surface area contributed by atoms with Gasteiger partial charge in [0.2, 0.25) is 0 Å². The van der Waals surface area contributed by atoms with E-state index in [2.05, 4.69) is 4.98 Å². The molecule has 0 aliphatic heterocycles. The van der Waals surface area contributed by atoms with Crippen LogP contribution < -0.4 is 0 Å². The zero-order chi connectivity index (χ0) is 9.10. The summed E-state index contributed by atoms with van der Waals surface area (Å²) in [6.45, 7) is 0.149. The van der Waals surface area contributed by atoms with E-state index >= 15 is 0 Å². The van der Waals surface area contributed by atoms with Gasteiger partial charge in [-0.25, -0.2) is 4.98 Å². The molecule has 0 saturated heterocycles. The molecule has 3 heteroatoms. The standard InChI is InChI=1S/C10H15NO2/c12-6-5-9-7-13-10(11-9)8-3-1-2-4-8/h7-8,12H,1-6H2. The summed E-state index contributed by atoms with van der Waals surface area (Å²) in [6.07, 6.45) is 7.28. The summed E-state index contributed by atoms with van der Waals surface area (Å²) in [4.78, 5) is 4.36. The zero-order valence-corrected chi connectivity index (χ0v) is 7.70. The van der Waals surface area contributed by atoms with Crippen LogP contribution in [0.25, 0.3) is 0 Å². The van der Waals surface area contributed by atoms with E-state index in [1.165, 1.54) is 25.7 Å². The highest BCUT2D eigenvalue weighted by Gasteiger charge is 2.21. The predicted molar refractivity (Wildman–Crippen MR) is 48.5 cm³/mol. The van der Waals surface area contributed by atoms with Crippen molar-refractivity contribution in [2.45, 2.75) is 38.0 Å². The van der Waals surface area contributed by atoms with Crippen molar-refractivity contribution >= 4 is 0 Å². The van der Waals surface area contributed by atoms with Crippen molar-refractivity contribution in [2.24, 2.45) is 0 Å². The number of aliphatic hydroxyl groups excluding tert-OH is 1. The SMILES string of the molecule is OCCc1coc(C2CCCC2)n1. The summed E-state index contributed by atoms with van der Waals surface area (Å²) in [5.41, 5.74) is 0.879. The summed E-state index contributed by atoms with van der Waals surface area (Å²) >= 11 is 0. The summed E-state index contributed by atoms with van der Waals surface area (Å²) in [5.74, 6) is 1.41. The highest BCUT2D eigenvalue weighted by Crippen LogP contribution is 2.33. The maximum absolute atomic E-state index is 8.71. The second-order valence-corrected chi connectivity index (χ2v) is 3.63. The summed E-state index contributed by atoms with van der Waals surface area (Å²) in [5, 5.41) is 8.71. The van der Waals surface area contributed by atoms with Gasteiger partial charge in [-0.3, -0.25) is 0 Å². The monoisotopic (exact) mass is 181 g/mol. The van der Waals surface area contributed by atoms with Crippen LogP contribution in [0.3, 0.4) is 0 Å². The van der Waals surface area contributed by atoms with Gasteiger partial charge < -0.3 is 9.52 Å². The Morgan fingerprint density at radius 3 is 2.92 bits per heavy atom. The van der Waals surface area contributed by atoms with Crippen LogP contribution in [0.15, 0.2) is 10.7 Å². The van der Waals surface area contributed by atoms with Gasteiger partial charge in [-0.15, -0.1) is 0 Å². The summed E-state index contributed by atoms with van der Waals surface area (Å²) in [6, 6.07) is 0. The van der Waals surface area contributed by atoms with E-state index in [-0.39, 0.29) is 6.61 Å². The number of aromatic nitrogens is 1. The highest BCUT2D eigenvalue weighted by atomic mass is 16.3. The Kier molecular flexibility index (Phi) is 2.64. The zero-order valence-electron chi connectivity index (χ0n) is 7.70. The maximum atomic E-state index is 8.71. The van der Waals surface area contributed by atoms with Crippen LogP contribution in [0, 0.1) is 0 Å². The van der Waals surface area contributed by atoms with E-state index in [1.54, 1.807) is 6.26 Å². The van der Waals surface area contributed by atoms with E-state index in [1.807, 2.05) is 0 Å². The van der Waals surface area contributed by atoms with Crippen LogP contribution in [-0.4, -0.2) is 16.7 Å². The average molecular weight is 181 g/mol. The minimum absolute atomic E-state index is 0.149. The Bertz CT molecular complexity index is 264. The largest absolute Gasteiger partial charge is 0.448 e. The van der Waals surface area contributed by atoms with Gasteiger partial charge in [-0.05, 0) is 12.8 Å². The van der Waals surface area contributed by atoms with Crippen LogP contribution in [0.2, 0.25) is 0 Å². The lowest BCUT2D eigenvalue weighted by Gasteiger charge is -2.00. The number of rotatable bonds is 3. The first-order chi connectivity index (χ1) is 6.40. The first kappa shape index (κ1) is 8.75. The first-order valence-corrected chi connectivity index (χ1v) is 4.95. The Morgan fingerprint density at radius 2 is 2.23 bits per heavy atom. The Hall–Kier alpha value is -0.830. The third-order valence-corrected chi connectivity index (χ3v) is 2.64. The van der Waals surface area contributed by atoms with Crippen molar-refractivity contribution < 1.29 is 9.52 Å². The van der Waals surface area contributed by atoms with Gasteiger partial charge in [0.25, 0.3) is 0 Å². The van der Waals surface area contributed by atoms with E-state index in [9.17, 15) is 0 Å². The molecule has 0 unspecified atom stereocenters. The van der Waals surface area contributed by atoms with Crippen molar-refractivity contribution in [3.05, 3.63) is 17.8 Å². The lowest BCUT2D eigenvalue weighted by Crippen LogP contribution is -1.94. The van der Waals surface area contributed by atoms with Crippen LogP contribution in [-0.2, 0) is 6.42 Å². The topological polar surface area (TPSA) is 46.3 Å². The van der Waals surface area contributed by atoms with Gasteiger partial charge in [0, 0.05) is 18.9 Å². The normalized spacial score (nSPS) is 18.2. The number of hydrogen-bond donors (Lipinski definition) is 1. The molecule has 1 N–H and O–H groups in total. The fourth-order valence-electron chi connectivity index (χ4n) is 1.91. The minimum atomic E-state index is 0.149. The molecule has 3 nitrogen and oxygen atoms in total. The molecule has 1 aromatic heterocycles.